The highest BCUT2D eigenvalue weighted by Crippen LogP contribution is 2.31. The number of halogens is 1. The molecule has 7 heteroatoms. The molecule has 1 N–H and O–H groups in total. The van der Waals surface area contributed by atoms with E-state index in [0.29, 0.717) is 4.47 Å². The second-order valence-electron chi connectivity index (χ2n) is 3.41. The van der Waals surface area contributed by atoms with Crippen LogP contribution in [0.15, 0.2) is 16.6 Å². The van der Waals surface area contributed by atoms with E-state index in [2.05, 4.69) is 15.9 Å². The number of hydrogen-bond acceptors (Lipinski definition) is 5. The summed E-state index contributed by atoms with van der Waals surface area (Å²) in [6, 6.07) is 2.64. The van der Waals surface area contributed by atoms with Crippen molar-refractivity contribution in [2.75, 3.05) is 20.5 Å². The van der Waals surface area contributed by atoms with Crippen LogP contribution < -0.4 is 4.74 Å². The van der Waals surface area contributed by atoms with Crippen molar-refractivity contribution in [1.29, 1.82) is 0 Å². The molecular formula is C12H13BrO6. The third-order valence-corrected chi connectivity index (χ3v) is 2.70. The van der Waals surface area contributed by atoms with E-state index in [1.54, 1.807) is 6.92 Å². The maximum absolute atomic E-state index is 11.6. The van der Waals surface area contributed by atoms with E-state index in [0.717, 1.165) is 0 Å². The maximum Gasteiger partial charge on any atom is 0.339 e. The number of hydrogen-bond donors (Lipinski definition) is 1. The fourth-order valence-corrected chi connectivity index (χ4v) is 1.92. The first kappa shape index (κ1) is 15.5. The maximum atomic E-state index is 11.6. The van der Waals surface area contributed by atoms with E-state index in [9.17, 15) is 9.59 Å². The standard InChI is InChI=1S/C12H13BrO6/c1-3-18-12(16)7-4-8(11(14)15)10(9(13)5-7)19-6-17-2/h4-5H,3,6H2,1-2H3,(H,14,15). The number of esters is 1. The van der Waals surface area contributed by atoms with Gasteiger partial charge in [0.05, 0.1) is 16.6 Å². The van der Waals surface area contributed by atoms with Gasteiger partial charge < -0.3 is 19.3 Å². The van der Waals surface area contributed by atoms with Gasteiger partial charge in [0.2, 0.25) is 0 Å². The number of ether oxygens (including phenoxy) is 3. The molecule has 0 heterocycles. The van der Waals surface area contributed by atoms with Crippen molar-refractivity contribution in [2.24, 2.45) is 0 Å². The molecule has 1 aromatic rings. The van der Waals surface area contributed by atoms with E-state index in [-0.39, 0.29) is 30.3 Å². The molecular weight excluding hydrogens is 320 g/mol. The number of rotatable bonds is 6. The summed E-state index contributed by atoms with van der Waals surface area (Å²) in [5, 5.41) is 9.13. The molecule has 0 saturated heterocycles. The fourth-order valence-electron chi connectivity index (χ4n) is 1.35. The van der Waals surface area contributed by atoms with Gasteiger partial charge >= 0.3 is 11.9 Å². The average Bonchev–Trinajstić information content (AvgIpc) is 2.36. The topological polar surface area (TPSA) is 82.1 Å². The van der Waals surface area contributed by atoms with Gasteiger partial charge in [0.25, 0.3) is 0 Å². The van der Waals surface area contributed by atoms with Crippen molar-refractivity contribution in [3.63, 3.8) is 0 Å². The molecule has 0 radical (unpaired) electrons. The van der Waals surface area contributed by atoms with Gasteiger partial charge in [-0.05, 0) is 35.0 Å². The molecule has 1 aromatic carbocycles. The lowest BCUT2D eigenvalue weighted by Gasteiger charge is -2.12. The van der Waals surface area contributed by atoms with Crippen LogP contribution in [0.25, 0.3) is 0 Å². The monoisotopic (exact) mass is 332 g/mol. The number of aromatic carboxylic acids is 1. The molecule has 1 rings (SSSR count). The van der Waals surface area contributed by atoms with Crippen LogP contribution in [-0.4, -0.2) is 37.6 Å². The Labute approximate surface area is 118 Å². The molecule has 0 saturated carbocycles. The van der Waals surface area contributed by atoms with Crippen molar-refractivity contribution >= 4 is 27.9 Å². The second kappa shape index (κ2) is 7.10. The van der Waals surface area contributed by atoms with Gasteiger partial charge in [-0.3, -0.25) is 0 Å². The Morgan fingerprint density at radius 2 is 2.05 bits per heavy atom. The van der Waals surface area contributed by atoms with Crippen LogP contribution in [0.5, 0.6) is 5.75 Å². The number of carbonyl (C=O) groups excluding carboxylic acids is 1. The Balaban J connectivity index is 3.21. The smallest absolute Gasteiger partial charge is 0.339 e. The number of benzene rings is 1. The third-order valence-electron chi connectivity index (χ3n) is 2.11. The van der Waals surface area contributed by atoms with Crippen molar-refractivity contribution < 1.29 is 28.9 Å². The van der Waals surface area contributed by atoms with Crippen LogP contribution in [0, 0.1) is 0 Å². The predicted molar refractivity (Wildman–Crippen MR) is 69.6 cm³/mol. The van der Waals surface area contributed by atoms with Crippen LogP contribution >= 0.6 is 15.9 Å². The molecule has 104 valence electrons. The van der Waals surface area contributed by atoms with Crippen LogP contribution in [0.3, 0.4) is 0 Å². The Kier molecular flexibility index (Phi) is 5.78. The average molecular weight is 333 g/mol. The quantitative estimate of drug-likeness (QED) is 0.635. The van der Waals surface area contributed by atoms with Gasteiger partial charge in [-0.1, -0.05) is 0 Å². The summed E-state index contributed by atoms with van der Waals surface area (Å²) in [6.45, 7) is 1.78. The summed E-state index contributed by atoms with van der Waals surface area (Å²) in [4.78, 5) is 22.8. The van der Waals surface area contributed by atoms with Crippen molar-refractivity contribution in [2.45, 2.75) is 6.92 Å². The highest BCUT2D eigenvalue weighted by Gasteiger charge is 2.19. The summed E-state index contributed by atoms with van der Waals surface area (Å²) in [5.41, 5.74) is -0.00892. The van der Waals surface area contributed by atoms with E-state index in [4.69, 9.17) is 19.3 Å². The molecule has 6 nitrogen and oxygen atoms in total. The zero-order valence-corrected chi connectivity index (χ0v) is 12.0. The first-order chi connectivity index (χ1) is 9.01. The summed E-state index contributed by atoms with van der Waals surface area (Å²) in [7, 11) is 1.42. The Hall–Kier alpha value is -1.60. The summed E-state index contributed by atoms with van der Waals surface area (Å²) >= 11 is 3.16. The lowest BCUT2D eigenvalue weighted by molar-refractivity contribution is 0.0477. The van der Waals surface area contributed by atoms with Gasteiger partial charge in [0, 0.05) is 7.11 Å². The van der Waals surface area contributed by atoms with Gasteiger partial charge in [-0.25, -0.2) is 9.59 Å². The van der Waals surface area contributed by atoms with Crippen molar-refractivity contribution in [1.82, 2.24) is 0 Å². The van der Waals surface area contributed by atoms with E-state index < -0.39 is 11.9 Å². The molecule has 0 aliphatic rings. The van der Waals surface area contributed by atoms with E-state index in [1.165, 1.54) is 19.2 Å². The number of carbonyl (C=O) groups is 2. The van der Waals surface area contributed by atoms with Gasteiger partial charge in [0.15, 0.2) is 12.5 Å². The minimum atomic E-state index is -1.21. The Bertz CT molecular complexity index is 485. The van der Waals surface area contributed by atoms with Crippen LogP contribution in [-0.2, 0) is 9.47 Å². The molecule has 19 heavy (non-hydrogen) atoms. The highest BCUT2D eigenvalue weighted by atomic mass is 79.9. The van der Waals surface area contributed by atoms with Crippen LogP contribution in [0.4, 0.5) is 0 Å². The van der Waals surface area contributed by atoms with Gasteiger partial charge in [-0.2, -0.15) is 0 Å². The first-order valence-electron chi connectivity index (χ1n) is 5.37. The summed E-state index contributed by atoms with van der Waals surface area (Å²) in [6.07, 6.45) is 0. The summed E-state index contributed by atoms with van der Waals surface area (Å²) in [5.74, 6) is -1.70. The molecule has 0 amide bonds. The van der Waals surface area contributed by atoms with Crippen LogP contribution in [0.2, 0.25) is 0 Å². The highest BCUT2D eigenvalue weighted by molar-refractivity contribution is 9.10. The van der Waals surface area contributed by atoms with Gasteiger partial charge in [0.1, 0.15) is 5.56 Å². The lowest BCUT2D eigenvalue weighted by atomic mass is 10.1. The minimum absolute atomic E-state index is 0.0994. The minimum Gasteiger partial charge on any atom is -0.478 e. The number of carboxylic acids is 1. The largest absolute Gasteiger partial charge is 0.478 e. The normalized spacial score (nSPS) is 10.1. The number of carboxylic acid groups (broad SMARTS) is 1. The molecule has 0 aliphatic carbocycles. The third kappa shape index (κ3) is 3.93. The lowest BCUT2D eigenvalue weighted by Crippen LogP contribution is -2.10. The van der Waals surface area contributed by atoms with Gasteiger partial charge in [-0.15, -0.1) is 0 Å². The van der Waals surface area contributed by atoms with E-state index >= 15 is 0 Å². The molecule has 0 spiro atoms. The molecule has 0 aromatic heterocycles. The molecule has 0 bridgehead atoms. The molecule has 0 aliphatic heterocycles. The molecule has 0 atom stereocenters. The Morgan fingerprint density at radius 1 is 1.37 bits per heavy atom. The molecule has 0 fully saturated rings. The second-order valence-corrected chi connectivity index (χ2v) is 4.27. The Morgan fingerprint density at radius 3 is 2.58 bits per heavy atom. The fraction of sp³-hybridized carbons (Fsp3) is 0.333. The molecule has 0 unspecified atom stereocenters. The predicted octanol–water partition coefficient (Wildman–Crippen LogP) is 2.31. The zero-order valence-electron chi connectivity index (χ0n) is 10.4. The van der Waals surface area contributed by atoms with Crippen molar-refractivity contribution in [3.05, 3.63) is 27.7 Å². The van der Waals surface area contributed by atoms with E-state index in [1.807, 2.05) is 0 Å². The van der Waals surface area contributed by atoms with Crippen LogP contribution in [0.1, 0.15) is 27.6 Å². The first-order valence-corrected chi connectivity index (χ1v) is 6.16. The number of methoxy groups -OCH3 is 1. The summed E-state index contributed by atoms with van der Waals surface area (Å²) < 4.78 is 15.1. The SMILES string of the molecule is CCOC(=O)c1cc(Br)c(OCOC)c(C(=O)O)c1. The van der Waals surface area contributed by atoms with Crippen molar-refractivity contribution in [3.8, 4) is 5.75 Å². The zero-order chi connectivity index (χ0) is 14.4.